The second-order valence-electron chi connectivity index (χ2n) is 4.84. The third kappa shape index (κ3) is 3.86. The Morgan fingerprint density at radius 1 is 1.55 bits per heavy atom. The van der Waals surface area contributed by atoms with E-state index in [1.807, 2.05) is 0 Å². The van der Waals surface area contributed by atoms with Gasteiger partial charge in [0.05, 0.1) is 13.0 Å². The van der Waals surface area contributed by atoms with Crippen LogP contribution < -0.4 is 10.1 Å². The van der Waals surface area contributed by atoms with Crippen LogP contribution in [0.15, 0.2) is 18.3 Å². The van der Waals surface area contributed by atoms with E-state index in [1.54, 1.807) is 12.1 Å². The first-order valence-corrected chi connectivity index (χ1v) is 6.44. The number of halogens is 3. The Balaban J connectivity index is 2.01. The molecule has 1 unspecified atom stereocenters. The highest BCUT2D eigenvalue weighted by Gasteiger charge is 2.40. The molecule has 1 aliphatic rings. The fraction of sp³-hybridized carbons (Fsp3) is 0.462. The predicted octanol–water partition coefficient (Wildman–Crippen LogP) is 1.44. The van der Waals surface area contributed by atoms with Crippen LogP contribution in [0.4, 0.5) is 18.9 Å². The summed E-state index contributed by atoms with van der Waals surface area (Å²) >= 11 is 0. The number of methoxy groups -OCH3 is 1. The molecule has 6 nitrogen and oxygen atoms in total. The fourth-order valence-electron chi connectivity index (χ4n) is 2.20. The Morgan fingerprint density at radius 2 is 2.27 bits per heavy atom. The van der Waals surface area contributed by atoms with Gasteiger partial charge in [-0.05, 0) is 12.1 Å². The molecule has 120 valence electrons. The number of likely N-dealkylation sites (tertiary alicyclic amines) is 1. The van der Waals surface area contributed by atoms with Crippen molar-refractivity contribution in [2.45, 2.75) is 12.6 Å². The standard InChI is InChI=1S/C13H14F3N3O3/c1-22-12-9(3-2-4-17-12)18-11(21)8-5-10(20)19(6-8)7-13(14,15)16/h2-4,8H,5-7H2,1H3,(H,18,21). The average molecular weight is 317 g/mol. The topological polar surface area (TPSA) is 71.5 Å². The van der Waals surface area contributed by atoms with Gasteiger partial charge in [-0.2, -0.15) is 13.2 Å². The van der Waals surface area contributed by atoms with E-state index in [1.165, 1.54) is 13.3 Å². The number of nitrogens with zero attached hydrogens (tertiary/aromatic N) is 2. The maximum absolute atomic E-state index is 12.3. The molecule has 1 aromatic heterocycles. The minimum absolute atomic E-state index is 0.187. The van der Waals surface area contributed by atoms with Crippen molar-refractivity contribution < 1.29 is 27.5 Å². The highest BCUT2D eigenvalue weighted by Crippen LogP contribution is 2.26. The summed E-state index contributed by atoms with van der Waals surface area (Å²) in [7, 11) is 1.38. The van der Waals surface area contributed by atoms with Crippen LogP contribution in [0.1, 0.15) is 6.42 Å². The molecule has 0 aliphatic carbocycles. The predicted molar refractivity (Wildman–Crippen MR) is 70.2 cm³/mol. The number of alkyl halides is 3. The first-order valence-electron chi connectivity index (χ1n) is 6.44. The maximum atomic E-state index is 12.3. The maximum Gasteiger partial charge on any atom is 0.406 e. The van der Waals surface area contributed by atoms with Crippen LogP contribution in [0.25, 0.3) is 0 Å². The van der Waals surface area contributed by atoms with Gasteiger partial charge in [0.2, 0.25) is 17.7 Å². The first kappa shape index (κ1) is 16.1. The van der Waals surface area contributed by atoms with Gasteiger partial charge < -0.3 is 15.0 Å². The molecule has 22 heavy (non-hydrogen) atoms. The van der Waals surface area contributed by atoms with Crippen molar-refractivity contribution in [3.63, 3.8) is 0 Å². The third-order valence-electron chi connectivity index (χ3n) is 3.18. The summed E-state index contributed by atoms with van der Waals surface area (Å²) in [6.07, 6.45) is -3.25. The van der Waals surface area contributed by atoms with Crippen LogP contribution in [0.2, 0.25) is 0 Å². The lowest BCUT2D eigenvalue weighted by atomic mass is 10.1. The Kier molecular flexibility index (Phi) is 4.53. The van der Waals surface area contributed by atoms with Crippen molar-refractivity contribution in [2.75, 3.05) is 25.5 Å². The number of hydrogen-bond acceptors (Lipinski definition) is 4. The Labute approximate surface area is 124 Å². The van der Waals surface area contributed by atoms with Crippen molar-refractivity contribution in [1.82, 2.24) is 9.88 Å². The molecule has 1 aromatic rings. The molecule has 0 aromatic carbocycles. The van der Waals surface area contributed by atoms with Crippen LogP contribution in [0.5, 0.6) is 5.88 Å². The molecule has 1 N–H and O–H groups in total. The normalized spacial score (nSPS) is 18.5. The molecule has 0 saturated carbocycles. The van der Waals surface area contributed by atoms with E-state index in [-0.39, 0.29) is 18.8 Å². The molecular weight excluding hydrogens is 303 g/mol. The lowest BCUT2D eigenvalue weighted by Gasteiger charge is -2.18. The summed E-state index contributed by atoms with van der Waals surface area (Å²) in [5.74, 6) is -1.87. The molecule has 0 radical (unpaired) electrons. The van der Waals surface area contributed by atoms with E-state index >= 15 is 0 Å². The van der Waals surface area contributed by atoms with Gasteiger partial charge in [-0.1, -0.05) is 0 Å². The summed E-state index contributed by atoms with van der Waals surface area (Å²) in [5.41, 5.74) is 0.303. The molecule has 1 atom stereocenters. The Bertz CT molecular complexity index is 577. The molecule has 1 aliphatic heterocycles. The number of aromatic nitrogens is 1. The van der Waals surface area contributed by atoms with Crippen LogP contribution in [0.3, 0.4) is 0 Å². The van der Waals surface area contributed by atoms with E-state index in [9.17, 15) is 22.8 Å². The van der Waals surface area contributed by atoms with Gasteiger partial charge in [0.25, 0.3) is 0 Å². The largest absolute Gasteiger partial charge is 0.480 e. The molecule has 0 bridgehead atoms. The number of hydrogen-bond donors (Lipinski definition) is 1. The van der Waals surface area contributed by atoms with Gasteiger partial charge in [0.15, 0.2) is 0 Å². The van der Waals surface area contributed by atoms with Gasteiger partial charge >= 0.3 is 6.18 Å². The fourth-order valence-corrected chi connectivity index (χ4v) is 2.20. The first-order chi connectivity index (χ1) is 10.3. The van der Waals surface area contributed by atoms with Gasteiger partial charge in [0.1, 0.15) is 12.2 Å². The number of nitrogens with one attached hydrogen (secondary N) is 1. The highest BCUT2D eigenvalue weighted by molar-refractivity contribution is 5.97. The van der Waals surface area contributed by atoms with Gasteiger partial charge in [-0.3, -0.25) is 9.59 Å². The van der Waals surface area contributed by atoms with E-state index in [0.717, 1.165) is 0 Å². The zero-order valence-corrected chi connectivity index (χ0v) is 11.7. The number of carbonyl (C=O) groups is 2. The van der Waals surface area contributed by atoms with Crippen molar-refractivity contribution in [3.8, 4) is 5.88 Å². The highest BCUT2D eigenvalue weighted by atomic mass is 19.4. The second-order valence-corrected chi connectivity index (χ2v) is 4.84. The van der Waals surface area contributed by atoms with Crippen molar-refractivity contribution >= 4 is 17.5 Å². The van der Waals surface area contributed by atoms with E-state index in [2.05, 4.69) is 10.3 Å². The molecule has 9 heteroatoms. The summed E-state index contributed by atoms with van der Waals surface area (Å²) in [6.45, 7) is -1.60. The number of ether oxygens (including phenoxy) is 1. The second kappa shape index (κ2) is 6.20. The van der Waals surface area contributed by atoms with Crippen LogP contribution in [-0.2, 0) is 9.59 Å². The van der Waals surface area contributed by atoms with Crippen LogP contribution in [0, 0.1) is 5.92 Å². The van der Waals surface area contributed by atoms with Crippen molar-refractivity contribution in [2.24, 2.45) is 5.92 Å². The smallest absolute Gasteiger partial charge is 0.406 e. The Morgan fingerprint density at radius 3 is 2.91 bits per heavy atom. The van der Waals surface area contributed by atoms with E-state index in [0.29, 0.717) is 10.6 Å². The minimum atomic E-state index is -4.48. The zero-order chi connectivity index (χ0) is 16.3. The average Bonchev–Trinajstić information content (AvgIpc) is 2.79. The molecule has 2 amide bonds. The number of carbonyl (C=O) groups excluding carboxylic acids is 2. The zero-order valence-electron chi connectivity index (χ0n) is 11.7. The summed E-state index contributed by atoms with van der Waals surface area (Å²) in [4.78, 5) is 28.2. The number of pyridine rings is 1. The third-order valence-corrected chi connectivity index (χ3v) is 3.18. The van der Waals surface area contributed by atoms with Crippen molar-refractivity contribution in [3.05, 3.63) is 18.3 Å². The van der Waals surface area contributed by atoms with Crippen LogP contribution in [-0.4, -0.2) is 48.1 Å². The SMILES string of the molecule is COc1ncccc1NC(=O)C1CC(=O)N(CC(F)(F)F)C1. The molecular formula is C13H14F3N3O3. The Hall–Kier alpha value is -2.32. The molecule has 2 heterocycles. The summed E-state index contributed by atoms with van der Waals surface area (Å²) in [6, 6.07) is 3.13. The van der Waals surface area contributed by atoms with Gasteiger partial charge in [-0.15, -0.1) is 0 Å². The van der Waals surface area contributed by atoms with Gasteiger partial charge in [-0.25, -0.2) is 4.98 Å². The van der Waals surface area contributed by atoms with Crippen molar-refractivity contribution in [1.29, 1.82) is 0 Å². The number of anilines is 1. The quantitative estimate of drug-likeness (QED) is 0.912. The lowest BCUT2D eigenvalue weighted by molar-refractivity contribution is -0.157. The van der Waals surface area contributed by atoms with E-state index < -0.39 is 30.5 Å². The van der Waals surface area contributed by atoms with Crippen LogP contribution >= 0.6 is 0 Å². The van der Waals surface area contributed by atoms with Gasteiger partial charge in [0, 0.05) is 19.2 Å². The summed E-state index contributed by atoms with van der Waals surface area (Å²) < 4.78 is 42.0. The number of amides is 2. The monoisotopic (exact) mass is 317 g/mol. The number of rotatable bonds is 4. The lowest BCUT2D eigenvalue weighted by Crippen LogP contribution is -2.36. The molecule has 1 saturated heterocycles. The summed E-state index contributed by atoms with van der Waals surface area (Å²) in [5, 5.41) is 2.52. The minimum Gasteiger partial charge on any atom is -0.480 e. The molecule has 2 rings (SSSR count). The van der Waals surface area contributed by atoms with E-state index in [4.69, 9.17) is 4.74 Å². The molecule has 0 spiro atoms. The molecule has 1 fully saturated rings.